The van der Waals surface area contributed by atoms with Gasteiger partial charge in [0.15, 0.2) is 0 Å². The summed E-state index contributed by atoms with van der Waals surface area (Å²) in [5.41, 5.74) is -0.391. The lowest BCUT2D eigenvalue weighted by atomic mass is 10.1. The summed E-state index contributed by atoms with van der Waals surface area (Å²) in [6.45, 7) is 2.40. The largest absolute Gasteiger partial charge is 0.387 e. The van der Waals surface area contributed by atoms with Crippen LogP contribution in [-0.4, -0.2) is 53.3 Å². The van der Waals surface area contributed by atoms with Gasteiger partial charge in [-0.1, -0.05) is 11.6 Å². The van der Waals surface area contributed by atoms with Gasteiger partial charge in [-0.05, 0) is 39.9 Å². The van der Waals surface area contributed by atoms with Gasteiger partial charge in [-0.15, -0.1) is 0 Å². The minimum Gasteiger partial charge on any atom is -0.387 e. The van der Waals surface area contributed by atoms with Crippen LogP contribution in [0.15, 0.2) is 12.3 Å². The van der Waals surface area contributed by atoms with E-state index in [4.69, 9.17) is 11.6 Å². The van der Waals surface area contributed by atoms with E-state index in [1.807, 2.05) is 23.6 Å². The second-order valence-corrected chi connectivity index (χ2v) is 6.54. The summed E-state index contributed by atoms with van der Waals surface area (Å²) in [5, 5.41) is 13.5. The number of carbonyl (C=O) groups is 1. The van der Waals surface area contributed by atoms with Crippen LogP contribution >= 0.6 is 11.6 Å². The van der Waals surface area contributed by atoms with E-state index in [2.05, 4.69) is 5.32 Å². The molecule has 1 saturated carbocycles. The zero-order valence-corrected chi connectivity index (χ0v) is 12.9. The predicted molar refractivity (Wildman–Crippen MR) is 79.2 cm³/mol. The smallest absolute Gasteiger partial charge is 0.268 e. The fourth-order valence-corrected chi connectivity index (χ4v) is 2.59. The lowest BCUT2D eigenvalue weighted by Gasteiger charge is -2.27. The molecule has 112 valence electrons. The summed E-state index contributed by atoms with van der Waals surface area (Å²) in [6.07, 6.45) is 3.97. The zero-order chi connectivity index (χ0) is 14.9. The number of aromatic nitrogens is 1. The lowest BCUT2D eigenvalue weighted by Crippen LogP contribution is -2.47. The molecule has 0 spiro atoms. The Bertz CT molecular complexity index is 493. The van der Waals surface area contributed by atoms with E-state index >= 15 is 0 Å². The van der Waals surface area contributed by atoms with E-state index in [0.717, 1.165) is 12.8 Å². The topological polar surface area (TPSA) is 57.5 Å². The molecule has 0 saturated heterocycles. The van der Waals surface area contributed by atoms with Crippen LogP contribution in [-0.2, 0) is 0 Å². The molecule has 1 aliphatic carbocycles. The SMILES string of the molecule is CN(C)CC(C)(O)CNC(=O)c1cc(Cl)cn1C1CC1. The van der Waals surface area contributed by atoms with Gasteiger partial charge in [-0.25, -0.2) is 0 Å². The molecule has 1 heterocycles. The normalized spacial score (nSPS) is 18.1. The number of carbonyl (C=O) groups excluding carboxylic acids is 1. The number of halogens is 1. The number of aliphatic hydroxyl groups is 1. The summed E-state index contributed by atoms with van der Waals surface area (Å²) in [5.74, 6) is -0.192. The highest BCUT2D eigenvalue weighted by Gasteiger charge is 2.29. The Morgan fingerprint density at radius 2 is 2.25 bits per heavy atom. The van der Waals surface area contributed by atoms with Gasteiger partial charge in [0, 0.05) is 25.3 Å². The highest BCUT2D eigenvalue weighted by atomic mass is 35.5. The minimum absolute atomic E-state index is 0.192. The third kappa shape index (κ3) is 3.98. The monoisotopic (exact) mass is 299 g/mol. The quantitative estimate of drug-likeness (QED) is 0.837. The Balaban J connectivity index is 1.98. The summed E-state index contributed by atoms with van der Waals surface area (Å²) < 4.78 is 1.93. The molecule has 1 aromatic heterocycles. The van der Waals surface area contributed by atoms with Crippen LogP contribution < -0.4 is 5.32 Å². The first-order valence-electron chi connectivity index (χ1n) is 6.81. The van der Waals surface area contributed by atoms with Crippen molar-refractivity contribution in [1.29, 1.82) is 0 Å². The number of likely N-dealkylation sites (N-methyl/N-ethyl adjacent to an activating group) is 1. The first-order valence-corrected chi connectivity index (χ1v) is 7.19. The molecule has 1 aliphatic rings. The molecule has 0 aromatic carbocycles. The molecular formula is C14H22ClN3O2. The molecule has 6 heteroatoms. The average molecular weight is 300 g/mol. The molecule has 1 atom stereocenters. The van der Waals surface area contributed by atoms with Crippen molar-refractivity contribution in [3.8, 4) is 0 Å². The number of rotatable bonds is 6. The van der Waals surface area contributed by atoms with Gasteiger partial charge in [0.05, 0.1) is 10.6 Å². The third-order valence-electron chi connectivity index (χ3n) is 3.27. The number of nitrogens with one attached hydrogen (secondary N) is 1. The second-order valence-electron chi connectivity index (χ2n) is 6.10. The second kappa shape index (κ2) is 5.76. The molecule has 1 unspecified atom stereocenters. The average Bonchev–Trinajstić information content (AvgIpc) is 3.08. The fourth-order valence-electron chi connectivity index (χ4n) is 2.38. The standard InChI is InChI=1S/C14H22ClN3O2/c1-14(20,9-17(2)3)8-16-13(19)12-6-10(15)7-18(12)11-4-5-11/h6-7,11,20H,4-5,8-9H2,1-3H3,(H,16,19). The molecule has 1 fully saturated rings. The molecule has 5 nitrogen and oxygen atoms in total. The van der Waals surface area contributed by atoms with Gasteiger partial charge < -0.3 is 19.9 Å². The van der Waals surface area contributed by atoms with Crippen molar-refractivity contribution in [2.24, 2.45) is 0 Å². The molecular weight excluding hydrogens is 278 g/mol. The number of hydrogen-bond acceptors (Lipinski definition) is 3. The Kier molecular flexibility index (Phi) is 4.42. The van der Waals surface area contributed by atoms with E-state index in [0.29, 0.717) is 23.3 Å². The molecule has 1 aromatic rings. The van der Waals surface area contributed by atoms with Gasteiger partial charge in [0.25, 0.3) is 5.91 Å². The third-order valence-corrected chi connectivity index (χ3v) is 3.48. The first kappa shape index (κ1) is 15.4. The van der Waals surface area contributed by atoms with Crippen LogP contribution in [0.25, 0.3) is 0 Å². The van der Waals surface area contributed by atoms with Crippen LogP contribution in [0.3, 0.4) is 0 Å². The summed E-state index contributed by atoms with van der Waals surface area (Å²) in [4.78, 5) is 14.1. The molecule has 0 bridgehead atoms. The summed E-state index contributed by atoms with van der Waals surface area (Å²) in [7, 11) is 3.77. The van der Waals surface area contributed by atoms with Crippen molar-refractivity contribution in [2.75, 3.05) is 27.2 Å². The van der Waals surface area contributed by atoms with Crippen molar-refractivity contribution >= 4 is 17.5 Å². The Morgan fingerprint density at radius 3 is 2.80 bits per heavy atom. The first-order chi connectivity index (χ1) is 9.28. The molecule has 2 rings (SSSR count). The van der Waals surface area contributed by atoms with Crippen molar-refractivity contribution in [3.05, 3.63) is 23.0 Å². The van der Waals surface area contributed by atoms with Gasteiger partial charge in [0.2, 0.25) is 0 Å². The van der Waals surface area contributed by atoms with Crippen molar-refractivity contribution in [3.63, 3.8) is 0 Å². The van der Waals surface area contributed by atoms with Gasteiger partial charge in [-0.3, -0.25) is 4.79 Å². The Morgan fingerprint density at radius 1 is 1.60 bits per heavy atom. The van der Waals surface area contributed by atoms with Crippen LogP contribution in [0.5, 0.6) is 0 Å². The van der Waals surface area contributed by atoms with Gasteiger partial charge >= 0.3 is 0 Å². The van der Waals surface area contributed by atoms with Crippen LogP contribution in [0.2, 0.25) is 5.02 Å². The zero-order valence-electron chi connectivity index (χ0n) is 12.2. The van der Waals surface area contributed by atoms with Crippen LogP contribution in [0, 0.1) is 0 Å². The molecule has 0 radical (unpaired) electrons. The Labute approximate surface area is 124 Å². The molecule has 20 heavy (non-hydrogen) atoms. The van der Waals surface area contributed by atoms with Crippen LogP contribution in [0.4, 0.5) is 0 Å². The highest BCUT2D eigenvalue weighted by Crippen LogP contribution is 2.37. The van der Waals surface area contributed by atoms with E-state index in [-0.39, 0.29) is 12.5 Å². The van der Waals surface area contributed by atoms with Gasteiger partial charge in [-0.2, -0.15) is 0 Å². The highest BCUT2D eigenvalue weighted by molar-refractivity contribution is 6.31. The van der Waals surface area contributed by atoms with Crippen molar-refractivity contribution in [1.82, 2.24) is 14.8 Å². The number of hydrogen-bond donors (Lipinski definition) is 2. The van der Waals surface area contributed by atoms with Crippen molar-refractivity contribution < 1.29 is 9.90 Å². The number of amides is 1. The fraction of sp³-hybridized carbons (Fsp3) is 0.643. The van der Waals surface area contributed by atoms with E-state index in [1.165, 1.54) is 0 Å². The molecule has 0 aliphatic heterocycles. The number of nitrogens with zero attached hydrogens (tertiary/aromatic N) is 2. The van der Waals surface area contributed by atoms with E-state index in [9.17, 15) is 9.90 Å². The predicted octanol–water partition coefficient (Wildman–Crippen LogP) is 1.52. The Hall–Kier alpha value is -1.04. The molecule has 1 amide bonds. The summed E-state index contributed by atoms with van der Waals surface area (Å²) in [6, 6.07) is 2.07. The van der Waals surface area contributed by atoms with E-state index < -0.39 is 5.60 Å². The summed E-state index contributed by atoms with van der Waals surface area (Å²) >= 11 is 5.98. The van der Waals surface area contributed by atoms with Crippen molar-refractivity contribution in [2.45, 2.75) is 31.4 Å². The molecule has 2 N–H and O–H groups in total. The van der Waals surface area contributed by atoms with Gasteiger partial charge in [0.1, 0.15) is 5.69 Å². The maximum Gasteiger partial charge on any atom is 0.268 e. The lowest BCUT2D eigenvalue weighted by molar-refractivity contribution is 0.0324. The van der Waals surface area contributed by atoms with Crippen LogP contribution in [0.1, 0.15) is 36.3 Å². The minimum atomic E-state index is -0.958. The van der Waals surface area contributed by atoms with E-state index in [1.54, 1.807) is 19.2 Å². The maximum atomic E-state index is 12.2. The maximum absolute atomic E-state index is 12.2.